The first-order valence-electron chi connectivity index (χ1n) is 6.83. The maximum Gasteiger partial charge on any atom is 0.416 e. The van der Waals surface area contributed by atoms with E-state index in [-0.39, 0.29) is 6.04 Å². The van der Waals surface area contributed by atoms with Crippen LogP contribution in [0.25, 0.3) is 0 Å². The van der Waals surface area contributed by atoms with E-state index in [0.717, 1.165) is 12.1 Å². The summed E-state index contributed by atoms with van der Waals surface area (Å²) in [5, 5.41) is 9.91. The molecule has 4 nitrogen and oxygen atoms in total. The smallest absolute Gasteiger partial charge is 0.391 e. The van der Waals surface area contributed by atoms with Crippen molar-refractivity contribution in [3.05, 3.63) is 54.0 Å². The molecule has 1 fully saturated rings. The highest BCUT2D eigenvalue weighted by atomic mass is 19.4. The Hall–Kier alpha value is -2.15. The van der Waals surface area contributed by atoms with Crippen molar-refractivity contribution in [2.75, 3.05) is 11.4 Å². The fraction of sp³-hybridized carbons (Fsp3) is 0.333. The van der Waals surface area contributed by atoms with Gasteiger partial charge in [0.15, 0.2) is 0 Å². The largest absolute Gasteiger partial charge is 0.416 e. The van der Waals surface area contributed by atoms with Gasteiger partial charge in [-0.3, -0.25) is 4.98 Å². The van der Waals surface area contributed by atoms with Crippen LogP contribution in [0.3, 0.4) is 0 Å². The highest BCUT2D eigenvalue weighted by molar-refractivity contribution is 5.43. The molecule has 22 heavy (non-hydrogen) atoms. The first-order chi connectivity index (χ1) is 10.4. The van der Waals surface area contributed by atoms with Crippen molar-refractivity contribution >= 4 is 5.82 Å². The van der Waals surface area contributed by atoms with Gasteiger partial charge in [0.2, 0.25) is 0 Å². The second-order valence-electron chi connectivity index (χ2n) is 5.24. The maximum absolute atomic E-state index is 12.9. The molecule has 1 aromatic carbocycles. The summed E-state index contributed by atoms with van der Waals surface area (Å²) in [6.07, 6.45) is -0.0545. The van der Waals surface area contributed by atoms with Crippen LogP contribution in [-0.4, -0.2) is 27.7 Å². The third kappa shape index (κ3) is 2.89. The number of benzene rings is 1. The molecular formula is C15H14F3N3O. The Balaban J connectivity index is 1.96. The first kappa shape index (κ1) is 14.8. The van der Waals surface area contributed by atoms with E-state index in [1.54, 1.807) is 17.2 Å². The van der Waals surface area contributed by atoms with E-state index in [4.69, 9.17) is 0 Å². The van der Waals surface area contributed by atoms with Crippen LogP contribution in [0.2, 0.25) is 0 Å². The number of anilines is 1. The van der Waals surface area contributed by atoms with E-state index in [2.05, 4.69) is 9.97 Å². The molecule has 1 saturated heterocycles. The molecular weight excluding hydrogens is 295 g/mol. The standard InChI is InChI=1S/C15H14F3N3O/c16-15(17,18)11-3-1-2-10(6-11)13-7-12(22)9-21(13)14-8-19-4-5-20-14/h1-6,8,12-13,22H,7,9H2. The number of alkyl halides is 3. The number of aliphatic hydroxyl groups excluding tert-OH is 1. The molecule has 0 bridgehead atoms. The van der Waals surface area contributed by atoms with Gasteiger partial charge in [-0.25, -0.2) is 4.98 Å². The minimum atomic E-state index is -4.38. The van der Waals surface area contributed by atoms with Crippen LogP contribution < -0.4 is 4.90 Å². The Bertz CT molecular complexity index is 648. The van der Waals surface area contributed by atoms with Crippen molar-refractivity contribution in [1.29, 1.82) is 0 Å². The summed E-state index contributed by atoms with van der Waals surface area (Å²) in [4.78, 5) is 9.93. The Morgan fingerprint density at radius 1 is 1.23 bits per heavy atom. The molecule has 116 valence electrons. The average molecular weight is 309 g/mol. The van der Waals surface area contributed by atoms with Crippen LogP contribution in [0.4, 0.5) is 19.0 Å². The topological polar surface area (TPSA) is 49.2 Å². The van der Waals surface area contributed by atoms with Gasteiger partial charge in [-0.05, 0) is 24.1 Å². The van der Waals surface area contributed by atoms with E-state index >= 15 is 0 Å². The van der Waals surface area contributed by atoms with Crippen LogP contribution in [0, 0.1) is 0 Å². The number of rotatable bonds is 2. The number of β-amino-alcohol motifs (C(OH)–C–C–N with tert-alkyl or cyclic N) is 1. The van der Waals surface area contributed by atoms with Crippen molar-refractivity contribution in [1.82, 2.24) is 9.97 Å². The molecule has 0 saturated carbocycles. The summed E-state index contributed by atoms with van der Waals surface area (Å²) >= 11 is 0. The normalized spacial score (nSPS) is 22.1. The van der Waals surface area contributed by atoms with Crippen molar-refractivity contribution in [2.24, 2.45) is 0 Å². The molecule has 2 heterocycles. The Kier molecular flexibility index (Phi) is 3.74. The van der Waals surface area contributed by atoms with E-state index in [1.807, 2.05) is 0 Å². The van der Waals surface area contributed by atoms with Crippen molar-refractivity contribution in [3.63, 3.8) is 0 Å². The number of hydrogen-bond donors (Lipinski definition) is 1. The van der Waals surface area contributed by atoms with Gasteiger partial charge >= 0.3 is 6.18 Å². The third-order valence-corrected chi connectivity index (χ3v) is 3.72. The van der Waals surface area contributed by atoms with Crippen LogP contribution >= 0.6 is 0 Å². The quantitative estimate of drug-likeness (QED) is 0.927. The van der Waals surface area contributed by atoms with E-state index in [9.17, 15) is 18.3 Å². The fourth-order valence-electron chi connectivity index (χ4n) is 2.74. The third-order valence-electron chi connectivity index (χ3n) is 3.72. The number of hydrogen-bond acceptors (Lipinski definition) is 4. The van der Waals surface area contributed by atoms with Gasteiger partial charge in [-0.15, -0.1) is 0 Å². The number of aromatic nitrogens is 2. The van der Waals surface area contributed by atoms with Crippen molar-refractivity contribution < 1.29 is 18.3 Å². The molecule has 1 aliphatic heterocycles. The zero-order valence-corrected chi connectivity index (χ0v) is 11.5. The zero-order chi connectivity index (χ0) is 15.7. The number of aliphatic hydroxyl groups is 1. The Labute approximate surface area is 125 Å². The second-order valence-corrected chi connectivity index (χ2v) is 5.24. The highest BCUT2D eigenvalue weighted by Crippen LogP contribution is 2.37. The van der Waals surface area contributed by atoms with Gasteiger partial charge in [-0.1, -0.05) is 12.1 Å². The molecule has 0 amide bonds. The predicted molar refractivity (Wildman–Crippen MR) is 74.2 cm³/mol. The summed E-state index contributed by atoms with van der Waals surface area (Å²) in [7, 11) is 0. The zero-order valence-electron chi connectivity index (χ0n) is 11.5. The average Bonchev–Trinajstić information content (AvgIpc) is 2.89. The Morgan fingerprint density at radius 3 is 2.73 bits per heavy atom. The van der Waals surface area contributed by atoms with Gasteiger partial charge in [0, 0.05) is 18.9 Å². The van der Waals surface area contributed by atoms with Gasteiger partial charge < -0.3 is 10.0 Å². The summed E-state index contributed by atoms with van der Waals surface area (Å²) in [6.45, 7) is 0.319. The summed E-state index contributed by atoms with van der Waals surface area (Å²) in [5.74, 6) is 0.543. The van der Waals surface area contributed by atoms with Gasteiger partial charge in [0.25, 0.3) is 0 Å². The predicted octanol–water partition coefficient (Wildman–Crippen LogP) is 2.81. The molecule has 1 N–H and O–H groups in total. The summed E-state index contributed by atoms with van der Waals surface area (Å²) < 4.78 is 38.6. The molecule has 1 aliphatic rings. The first-order valence-corrected chi connectivity index (χ1v) is 6.83. The lowest BCUT2D eigenvalue weighted by Crippen LogP contribution is -2.25. The SMILES string of the molecule is OC1CC(c2cccc(C(F)(F)F)c2)N(c2cnccn2)C1. The molecule has 0 radical (unpaired) electrons. The van der Waals surface area contributed by atoms with E-state index < -0.39 is 17.8 Å². The molecule has 7 heteroatoms. The molecule has 2 aromatic rings. The molecule has 2 unspecified atom stereocenters. The van der Waals surface area contributed by atoms with Crippen molar-refractivity contribution in [2.45, 2.75) is 24.7 Å². The number of nitrogens with zero attached hydrogens (tertiary/aromatic N) is 3. The molecule has 3 rings (SSSR count). The molecule has 0 aliphatic carbocycles. The van der Waals surface area contributed by atoms with E-state index in [1.165, 1.54) is 18.5 Å². The Morgan fingerprint density at radius 2 is 2.05 bits per heavy atom. The lowest BCUT2D eigenvalue weighted by molar-refractivity contribution is -0.137. The van der Waals surface area contributed by atoms with Gasteiger partial charge in [-0.2, -0.15) is 13.2 Å². The highest BCUT2D eigenvalue weighted by Gasteiger charge is 2.35. The summed E-state index contributed by atoms with van der Waals surface area (Å²) in [5.41, 5.74) is -0.178. The maximum atomic E-state index is 12.9. The van der Waals surface area contributed by atoms with Crippen LogP contribution in [0.1, 0.15) is 23.6 Å². The van der Waals surface area contributed by atoms with Gasteiger partial charge in [0.1, 0.15) is 5.82 Å². The molecule has 1 aromatic heterocycles. The van der Waals surface area contributed by atoms with Crippen LogP contribution in [0.5, 0.6) is 0 Å². The monoisotopic (exact) mass is 309 g/mol. The minimum absolute atomic E-state index is 0.319. The summed E-state index contributed by atoms with van der Waals surface area (Å²) in [6, 6.07) is 4.85. The number of halogens is 3. The fourth-order valence-corrected chi connectivity index (χ4v) is 2.74. The lowest BCUT2D eigenvalue weighted by Gasteiger charge is -2.25. The van der Waals surface area contributed by atoms with Crippen LogP contribution in [-0.2, 0) is 6.18 Å². The molecule has 2 atom stereocenters. The second kappa shape index (κ2) is 5.57. The van der Waals surface area contributed by atoms with Crippen molar-refractivity contribution in [3.8, 4) is 0 Å². The minimum Gasteiger partial charge on any atom is -0.391 e. The van der Waals surface area contributed by atoms with E-state index in [0.29, 0.717) is 24.3 Å². The van der Waals surface area contributed by atoms with Crippen LogP contribution in [0.15, 0.2) is 42.9 Å². The lowest BCUT2D eigenvalue weighted by atomic mass is 10.0. The molecule has 0 spiro atoms. The van der Waals surface area contributed by atoms with Gasteiger partial charge in [0.05, 0.1) is 23.9 Å².